The van der Waals surface area contributed by atoms with Crippen molar-refractivity contribution < 1.29 is 20.1 Å². The van der Waals surface area contributed by atoms with Crippen LogP contribution in [-0.2, 0) is 4.79 Å². The van der Waals surface area contributed by atoms with Crippen molar-refractivity contribution in [3.8, 4) is 0 Å². The molecule has 3 fully saturated rings. The molecule has 0 amide bonds. The molecule has 0 saturated heterocycles. The van der Waals surface area contributed by atoms with Crippen LogP contribution in [0, 0.1) is 28.6 Å². The van der Waals surface area contributed by atoms with E-state index in [4.69, 9.17) is 0 Å². The summed E-state index contributed by atoms with van der Waals surface area (Å²) in [6.07, 6.45) is 6.49. The standard InChI is InChI=1S/C21H32O4/c1-12(22)15-7-9-21(25)16-5-4-13-10-14(23)6-8-19(13,2)17(16)11-18(24)20(15,21)3/h4,14-18,23-25H,5-11H2,1-3H3/t14-,15+,16+,17-,18-,19-,20-,21-/m0/s1. The third-order valence-electron chi connectivity index (χ3n) is 8.85. The minimum Gasteiger partial charge on any atom is -0.393 e. The molecule has 4 aliphatic rings. The molecule has 0 aromatic rings. The fourth-order valence-electron chi connectivity index (χ4n) is 7.24. The molecule has 4 nitrogen and oxygen atoms in total. The van der Waals surface area contributed by atoms with Gasteiger partial charge in [0.1, 0.15) is 5.78 Å². The highest BCUT2D eigenvalue weighted by Crippen LogP contribution is 2.67. The van der Waals surface area contributed by atoms with Gasteiger partial charge in [0.2, 0.25) is 0 Å². The van der Waals surface area contributed by atoms with E-state index in [1.54, 1.807) is 6.92 Å². The maximum atomic E-state index is 12.2. The number of aliphatic hydroxyl groups is 3. The topological polar surface area (TPSA) is 77.8 Å². The van der Waals surface area contributed by atoms with Gasteiger partial charge >= 0.3 is 0 Å². The van der Waals surface area contributed by atoms with Crippen LogP contribution in [0.4, 0.5) is 0 Å². The van der Waals surface area contributed by atoms with Crippen LogP contribution in [0.5, 0.6) is 0 Å². The third kappa shape index (κ3) is 2.08. The van der Waals surface area contributed by atoms with E-state index >= 15 is 0 Å². The second-order valence-corrected chi connectivity index (χ2v) is 9.65. The predicted octanol–water partition coefficient (Wildman–Crippen LogP) is 2.60. The lowest BCUT2D eigenvalue weighted by atomic mass is 9.45. The van der Waals surface area contributed by atoms with Gasteiger partial charge in [0.15, 0.2) is 0 Å². The van der Waals surface area contributed by atoms with Crippen LogP contribution in [0.15, 0.2) is 11.6 Å². The Morgan fingerprint density at radius 1 is 1.16 bits per heavy atom. The number of aliphatic hydroxyl groups excluding tert-OH is 2. The maximum absolute atomic E-state index is 12.2. The summed E-state index contributed by atoms with van der Waals surface area (Å²) in [5, 5.41) is 33.0. The zero-order valence-electron chi connectivity index (χ0n) is 15.7. The maximum Gasteiger partial charge on any atom is 0.133 e. The second-order valence-electron chi connectivity index (χ2n) is 9.65. The van der Waals surface area contributed by atoms with Gasteiger partial charge in [-0.2, -0.15) is 0 Å². The number of rotatable bonds is 1. The normalized spacial score (nSPS) is 55.0. The van der Waals surface area contributed by atoms with E-state index in [9.17, 15) is 20.1 Å². The van der Waals surface area contributed by atoms with Crippen LogP contribution in [0.2, 0.25) is 0 Å². The summed E-state index contributed by atoms with van der Waals surface area (Å²) in [7, 11) is 0. The molecule has 0 aromatic carbocycles. The fourth-order valence-corrected chi connectivity index (χ4v) is 7.24. The average molecular weight is 348 g/mol. The summed E-state index contributed by atoms with van der Waals surface area (Å²) in [6, 6.07) is 0. The van der Waals surface area contributed by atoms with Gasteiger partial charge in [-0.3, -0.25) is 4.79 Å². The lowest BCUT2D eigenvalue weighted by molar-refractivity contribution is -0.224. The molecule has 8 atom stereocenters. The molecule has 0 bridgehead atoms. The van der Waals surface area contributed by atoms with E-state index in [1.807, 2.05) is 6.92 Å². The largest absolute Gasteiger partial charge is 0.393 e. The van der Waals surface area contributed by atoms with E-state index in [0.29, 0.717) is 19.3 Å². The van der Waals surface area contributed by atoms with E-state index in [0.717, 1.165) is 25.7 Å². The summed E-state index contributed by atoms with van der Waals surface area (Å²) in [5.41, 5.74) is -0.454. The van der Waals surface area contributed by atoms with Gasteiger partial charge in [-0.15, -0.1) is 0 Å². The number of ketones is 1. The number of fused-ring (bicyclic) bond motifs is 5. The minimum atomic E-state index is -0.979. The van der Waals surface area contributed by atoms with Crippen molar-refractivity contribution in [2.24, 2.45) is 28.6 Å². The first kappa shape index (κ1) is 17.7. The number of hydrogen-bond acceptors (Lipinski definition) is 4. The Morgan fingerprint density at radius 3 is 2.56 bits per heavy atom. The molecule has 140 valence electrons. The Labute approximate surface area is 150 Å². The SMILES string of the molecule is CC(=O)[C@H]1CC[C@]2(O)[C@@H]3CC=C4C[C@@H](O)CC[C@]4(C)[C@H]3C[C@H](O)[C@]12C. The summed E-state index contributed by atoms with van der Waals surface area (Å²) >= 11 is 0. The Morgan fingerprint density at radius 2 is 1.88 bits per heavy atom. The molecule has 0 radical (unpaired) electrons. The van der Waals surface area contributed by atoms with Crippen LogP contribution in [-0.4, -0.2) is 38.9 Å². The van der Waals surface area contributed by atoms with Crippen molar-refractivity contribution in [1.82, 2.24) is 0 Å². The lowest BCUT2D eigenvalue weighted by Crippen LogP contribution is -2.66. The summed E-state index contributed by atoms with van der Waals surface area (Å²) in [6.45, 7) is 5.81. The Kier molecular flexibility index (Phi) is 3.82. The van der Waals surface area contributed by atoms with E-state index in [1.165, 1.54) is 5.57 Å². The Balaban J connectivity index is 1.77. The monoisotopic (exact) mass is 348 g/mol. The predicted molar refractivity (Wildman–Crippen MR) is 94.7 cm³/mol. The quantitative estimate of drug-likeness (QED) is 0.637. The highest BCUT2D eigenvalue weighted by molar-refractivity contribution is 5.80. The molecule has 4 aliphatic carbocycles. The van der Waals surface area contributed by atoms with Gasteiger partial charge in [0.25, 0.3) is 0 Å². The number of carbonyl (C=O) groups is 1. The van der Waals surface area contributed by atoms with Gasteiger partial charge in [-0.05, 0) is 69.1 Å². The number of Topliss-reactive ketones (excluding diaryl/α,β-unsaturated/α-hetero) is 1. The van der Waals surface area contributed by atoms with Gasteiger partial charge < -0.3 is 15.3 Å². The van der Waals surface area contributed by atoms with Crippen molar-refractivity contribution in [3.05, 3.63) is 11.6 Å². The molecule has 0 heterocycles. The fraction of sp³-hybridized carbons (Fsp3) is 0.857. The summed E-state index contributed by atoms with van der Waals surface area (Å²) in [4.78, 5) is 12.2. The molecule has 3 saturated carbocycles. The zero-order valence-corrected chi connectivity index (χ0v) is 15.7. The van der Waals surface area contributed by atoms with Crippen molar-refractivity contribution in [3.63, 3.8) is 0 Å². The highest BCUT2D eigenvalue weighted by atomic mass is 16.3. The molecule has 0 aromatic heterocycles. The molecule has 4 rings (SSSR count). The van der Waals surface area contributed by atoms with Crippen molar-refractivity contribution in [2.75, 3.05) is 0 Å². The molecule has 4 heteroatoms. The average Bonchev–Trinajstić information content (AvgIpc) is 2.83. The third-order valence-corrected chi connectivity index (χ3v) is 8.85. The van der Waals surface area contributed by atoms with Crippen LogP contribution >= 0.6 is 0 Å². The molecule has 0 aliphatic heterocycles. The molecule has 3 N–H and O–H groups in total. The van der Waals surface area contributed by atoms with E-state index < -0.39 is 17.1 Å². The highest BCUT2D eigenvalue weighted by Gasteiger charge is 2.70. The van der Waals surface area contributed by atoms with Crippen molar-refractivity contribution >= 4 is 5.78 Å². The first-order valence-electron chi connectivity index (χ1n) is 9.93. The van der Waals surface area contributed by atoms with Gasteiger partial charge in [0, 0.05) is 11.3 Å². The van der Waals surface area contributed by atoms with Crippen LogP contribution < -0.4 is 0 Å². The first-order chi connectivity index (χ1) is 11.6. The van der Waals surface area contributed by atoms with E-state index in [-0.39, 0.29) is 35.1 Å². The van der Waals surface area contributed by atoms with Crippen molar-refractivity contribution in [1.29, 1.82) is 0 Å². The second kappa shape index (κ2) is 5.40. The van der Waals surface area contributed by atoms with E-state index in [2.05, 4.69) is 13.0 Å². The Hall–Kier alpha value is -0.710. The summed E-state index contributed by atoms with van der Waals surface area (Å²) < 4.78 is 0. The Bertz CT molecular complexity index is 627. The number of allylic oxidation sites excluding steroid dienone is 1. The number of hydrogen-bond donors (Lipinski definition) is 3. The van der Waals surface area contributed by atoms with Gasteiger partial charge in [-0.1, -0.05) is 25.5 Å². The van der Waals surface area contributed by atoms with Crippen LogP contribution in [0.3, 0.4) is 0 Å². The zero-order chi connectivity index (χ0) is 18.2. The van der Waals surface area contributed by atoms with Crippen LogP contribution in [0.25, 0.3) is 0 Å². The number of carbonyl (C=O) groups excluding carboxylic acids is 1. The summed E-state index contributed by atoms with van der Waals surface area (Å²) in [5.74, 6) is 0.155. The smallest absolute Gasteiger partial charge is 0.133 e. The minimum absolute atomic E-state index is 0.0471. The molecule has 0 spiro atoms. The molecule has 25 heavy (non-hydrogen) atoms. The molecule has 0 unspecified atom stereocenters. The first-order valence-corrected chi connectivity index (χ1v) is 9.93. The van der Waals surface area contributed by atoms with Crippen molar-refractivity contribution in [2.45, 2.75) is 83.5 Å². The van der Waals surface area contributed by atoms with Gasteiger partial charge in [-0.25, -0.2) is 0 Å². The molecular formula is C21H32O4. The molecular weight excluding hydrogens is 316 g/mol. The van der Waals surface area contributed by atoms with Crippen LogP contribution in [0.1, 0.15) is 65.7 Å². The lowest BCUT2D eigenvalue weighted by Gasteiger charge is -2.62. The van der Waals surface area contributed by atoms with Gasteiger partial charge in [0.05, 0.1) is 17.8 Å².